The summed E-state index contributed by atoms with van der Waals surface area (Å²) in [7, 11) is 0. The monoisotopic (exact) mass is 599 g/mol. The Kier molecular flexibility index (Phi) is 23.9. The number of amides is 1. The first-order valence-corrected chi connectivity index (χ1v) is 16.0. The van der Waals surface area contributed by atoms with Crippen LogP contribution in [0.15, 0.2) is 0 Å². The quantitative estimate of drug-likeness (QED) is 0.134. The number of hydrogen-bond donors (Lipinski definition) is 3. The third kappa shape index (κ3) is 21.5. The molecular formula is C31H55N2O9-3. The van der Waals surface area contributed by atoms with Gasteiger partial charge in [-0.05, 0) is 12.8 Å². The fourth-order valence-corrected chi connectivity index (χ4v) is 4.92. The molecule has 3 N–H and O–H groups in total. The Bertz CT molecular complexity index is 726. The summed E-state index contributed by atoms with van der Waals surface area (Å²) in [6.45, 7) is 6.91. The molecule has 1 aliphatic rings. The minimum absolute atomic E-state index is 0.124. The second-order valence-corrected chi connectivity index (χ2v) is 11.3. The van der Waals surface area contributed by atoms with E-state index in [1.807, 2.05) is 0 Å². The predicted molar refractivity (Wildman–Crippen MR) is 154 cm³/mol. The maximum Gasteiger partial charge on any atom is 0.220 e. The lowest BCUT2D eigenvalue weighted by Gasteiger charge is -2.31. The Morgan fingerprint density at radius 2 is 1.26 bits per heavy atom. The fourth-order valence-electron chi connectivity index (χ4n) is 4.92. The van der Waals surface area contributed by atoms with E-state index in [1.54, 1.807) is 0 Å². The Hall–Kier alpha value is -2.24. The normalized spacial score (nSPS) is 15.7. The van der Waals surface area contributed by atoms with Crippen LogP contribution in [0.25, 0.3) is 0 Å². The lowest BCUT2D eigenvalue weighted by molar-refractivity contribution is -0.339. The summed E-state index contributed by atoms with van der Waals surface area (Å²) in [6, 6.07) is 0.145. The highest BCUT2D eigenvalue weighted by Gasteiger charge is 2.29. The highest BCUT2D eigenvalue weighted by molar-refractivity contribution is 5.86. The van der Waals surface area contributed by atoms with Crippen LogP contribution in [-0.2, 0) is 23.9 Å². The van der Waals surface area contributed by atoms with E-state index in [0.717, 1.165) is 32.5 Å². The number of aliphatic carboxylic acids is 3. The van der Waals surface area contributed by atoms with Gasteiger partial charge in [0.2, 0.25) is 5.91 Å². The molecule has 0 aromatic carbocycles. The van der Waals surface area contributed by atoms with Crippen LogP contribution in [0.4, 0.5) is 0 Å². The maximum absolute atomic E-state index is 12.2. The molecule has 11 heteroatoms. The second-order valence-electron chi connectivity index (χ2n) is 11.3. The zero-order valence-electron chi connectivity index (χ0n) is 25.9. The van der Waals surface area contributed by atoms with Crippen molar-refractivity contribution in [3.05, 3.63) is 0 Å². The summed E-state index contributed by atoms with van der Waals surface area (Å²) in [6.07, 6.45) is 19.3. The third-order valence-electron chi connectivity index (χ3n) is 7.45. The van der Waals surface area contributed by atoms with E-state index in [-0.39, 0.29) is 18.1 Å². The van der Waals surface area contributed by atoms with E-state index in [2.05, 4.69) is 24.5 Å². The van der Waals surface area contributed by atoms with Gasteiger partial charge in [0.1, 0.15) is 5.60 Å². The van der Waals surface area contributed by atoms with E-state index < -0.39 is 36.4 Å². The van der Waals surface area contributed by atoms with Gasteiger partial charge < -0.3 is 50.2 Å². The molecule has 1 amide bonds. The van der Waals surface area contributed by atoms with Crippen molar-refractivity contribution in [1.82, 2.24) is 10.6 Å². The van der Waals surface area contributed by atoms with Gasteiger partial charge in [0, 0.05) is 44.3 Å². The van der Waals surface area contributed by atoms with Crippen molar-refractivity contribution < 1.29 is 44.3 Å². The first kappa shape index (κ1) is 39.8. The number of nitrogens with one attached hydrogen (secondary N) is 2. The number of unbranched alkanes of at least 4 members (excludes halogenated alkanes) is 14. The van der Waals surface area contributed by atoms with Crippen molar-refractivity contribution in [3.8, 4) is 0 Å². The van der Waals surface area contributed by atoms with Crippen molar-refractivity contribution >= 4 is 23.8 Å². The average molecular weight is 600 g/mol. The molecule has 0 bridgehead atoms. The zero-order chi connectivity index (χ0) is 31.6. The molecule has 1 aliphatic heterocycles. The summed E-state index contributed by atoms with van der Waals surface area (Å²) in [5.74, 6) is -5.79. The number of rotatable bonds is 24. The number of aliphatic hydroxyl groups is 1. The molecule has 11 nitrogen and oxygen atoms in total. The number of carbonyl (C=O) groups is 4. The number of morpholine rings is 1. The van der Waals surface area contributed by atoms with Crippen LogP contribution < -0.4 is 26.0 Å². The molecule has 1 fully saturated rings. The van der Waals surface area contributed by atoms with Gasteiger partial charge in [-0.15, -0.1) is 0 Å². The molecule has 0 radical (unpaired) electrons. The van der Waals surface area contributed by atoms with E-state index >= 15 is 0 Å². The van der Waals surface area contributed by atoms with Crippen LogP contribution in [0.2, 0.25) is 0 Å². The van der Waals surface area contributed by atoms with Crippen LogP contribution in [-0.4, -0.2) is 66.4 Å². The van der Waals surface area contributed by atoms with Gasteiger partial charge in [-0.2, -0.15) is 0 Å². The van der Waals surface area contributed by atoms with Crippen molar-refractivity contribution in [3.63, 3.8) is 0 Å². The van der Waals surface area contributed by atoms with Crippen LogP contribution in [0.1, 0.15) is 136 Å². The van der Waals surface area contributed by atoms with E-state index in [4.69, 9.17) is 9.84 Å². The zero-order valence-corrected chi connectivity index (χ0v) is 25.9. The van der Waals surface area contributed by atoms with Crippen LogP contribution in [0, 0.1) is 0 Å². The summed E-state index contributed by atoms with van der Waals surface area (Å²) in [4.78, 5) is 42.2. The SMILES string of the molecule is CCCCCCCCCCCCCCCCCC(=O)NC(CC)C1CNCCO1.O=C([O-])CC(O)(CC(=O)[O-])C(=O)[O-]. The summed E-state index contributed by atoms with van der Waals surface area (Å²) >= 11 is 0. The maximum atomic E-state index is 12.2. The van der Waals surface area contributed by atoms with Crippen LogP contribution in [0.3, 0.4) is 0 Å². The average Bonchev–Trinajstić information content (AvgIpc) is 2.93. The standard InChI is InChI=1S/C25H50N2O2.C6H8O7/c1-3-5-6-7-8-9-10-11-12-13-14-15-16-17-18-19-25(28)27-23(4-2)24-22-26-20-21-29-24;7-3(8)1-6(13,5(11)12)2-4(9)10/h23-24,26H,3-22H2,1-2H3,(H,27,28);13H,1-2H2,(H,7,8)(H,9,10)(H,11,12)/p-3. The Labute approximate surface area is 252 Å². The molecule has 0 saturated carbocycles. The minimum atomic E-state index is -2.97. The van der Waals surface area contributed by atoms with Crippen LogP contribution in [0.5, 0.6) is 0 Å². The predicted octanol–water partition coefficient (Wildman–Crippen LogP) is 0.879. The molecule has 2 atom stereocenters. The molecule has 1 saturated heterocycles. The van der Waals surface area contributed by atoms with Crippen molar-refractivity contribution in [2.45, 2.75) is 154 Å². The summed E-state index contributed by atoms with van der Waals surface area (Å²) < 4.78 is 5.79. The lowest BCUT2D eigenvalue weighted by Crippen LogP contribution is -2.54. The van der Waals surface area contributed by atoms with Crippen molar-refractivity contribution in [2.75, 3.05) is 19.7 Å². The molecule has 1 heterocycles. The molecule has 0 aromatic heterocycles. The molecular weight excluding hydrogens is 544 g/mol. The fraction of sp³-hybridized carbons (Fsp3) is 0.871. The van der Waals surface area contributed by atoms with Gasteiger partial charge in [0.15, 0.2) is 0 Å². The number of hydrogen-bond acceptors (Lipinski definition) is 10. The summed E-state index contributed by atoms with van der Waals surface area (Å²) in [5.41, 5.74) is -2.97. The smallest absolute Gasteiger partial charge is 0.220 e. The van der Waals surface area contributed by atoms with E-state index in [0.29, 0.717) is 6.42 Å². The van der Waals surface area contributed by atoms with Crippen LogP contribution >= 0.6 is 0 Å². The van der Waals surface area contributed by atoms with E-state index in [1.165, 1.54) is 89.9 Å². The topological polar surface area (TPSA) is 191 Å². The Balaban J connectivity index is 0.00000108. The van der Waals surface area contributed by atoms with E-state index in [9.17, 15) is 34.5 Å². The Morgan fingerprint density at radius 1 is 0.810 bits per heavy atom. The minimum Gasteiger partial charge on any atom is -0.550 e. The highest BCUT2D eigenvalue weighted by Crippen LogP contribution is 2.15. The lowest BCUT2D eigenvalue weighted by atomic mass is 9.96. The Morgan fingerprint density at radius 3 is 1.62 bits per heavy atom. The number of ether oxygens (including phenoxy) is 1. The molecule has 246 valence electrons. The van der Waals surface area contributed by atoms with Gasteiger partial charge in [0.25, 0.3) is 0 Å². The molecule has 0 aromatic rings. The number of carboxylic acid groups (broad SMARTS) is 3. The number of carboxylic acids is 3. The van der Waals surface area contributed by atoms with Gasteiger partial charge >= 0.3 is 0 Å². The first-order valence-electron chi connectivity index (χ1n) is 16.0. The molecule has 2 unspecified atom stereocenters. The van der Waals surface area contributed by atoms with Crippen molar-refractivity contribution in [1.29, 1.82) is 0 Å². The number of carbonyl (C=O) groups excluding carboxylic acids is 4. The highest BCUT2D eigenvalue weighted by atomic mass is 16.5. The first-order chi connectivity index (χ1) is 20.1. The molecule has 0 spiro atoms. The largest absolute Gasteiger partial charge is 0.550 e. The van der Waals surface area contributed by atoms with Gasteiger partial charge in [-0.3, -0.25) is 4.79 Å². The van der Waals surface area contributed by atoms with Gasteiger partial charge in [-0.1, -0.05) is 104 Å². The van der Waals surface area contributed by atoms with Crippen molar-refractivity contribution in [2.24, 2.45) is 0 Å². The van der Waals surface area contributed by atoms with Gasteiger partial charge in [0.05, 0.1) is 24.7 Å². The van der Waals surface area contributed by atoms with Gasteiger partial charge in [-0.25, -0.2) is 0 Å². The molecule has 1 rings (SSSR count). The molecule has 0 aliphatic carbocycles. The third-order valence-corrected chi connectivity index (χ3v) is 7.45. The molecule has 42 heavy (non-hydrogen) atoms. The summed E-state index contributed by atoms with van der Waals surface area (Å²) in [5, 5.41) is 45.5. The second kappa shape index (κ2) is 25.3.